The van der Waals surface area contributed by atoms with Crippen LogP contribution in [-0.4, -0.2) is 93.9 Å². The van der Waals surface area contributed by atoms with Crippen molar-refractivity contribution in [1.82, 2.24) is 24.3 Å². The number of nitrogens with one attached hydrogen (secondary N) is 2. The van der Waals surface area contributed by atoms with Gasteiger partial charge in [-0.05, 0) is 56.1 Å². The van der Waals surface area contributed by atoms with Gasteiger partial charge in [0.1, 0.15) is 24.8 Å². The number of aromatic nitrogens is 2. The van der Waals surface area contributed by atoms with E-state index in [9.17, 15) is 21.9 Å². The second kappa shape index (κ2) is 12.7. The van der Waals surface area contributed by atoms with Gasteiger partial charge in [-0.15, -0.1) is 0 Å². The number of ether oxygens (including phenoxy) is 2. The van der Waals surface area contributed by atoms with Gasteiger partial charge in [0.15, 0.2) is 0 Å². The number of aliphatic hydroxyl groups is 1. The van der Waals surface area contributed by atoms with Crippen molar-refractivity contribution in [1.29, 1.82) is 0 Å². The lowest BCUT2D eigenvalue weighted by molar-refractivity contribution is -0.0312. The maximum atomic E-state index is 13.4. The molecule has 42 heavy (non-hydrogen) atoms. The highest BCUT2D eigenvalue weighted by Crippen LogP contribution is 2.37. The molecule has 12 nitrogen and oxygen atoms in total. The van der Waals surface area contributed by atoms with Crippen LogP contribution in [0.25, 0.3) is 11.1 Å². The van der Waals surface area contributed by atoms with Gasteiger partial charge in [0.05, 0.1) is 22.0 Å². The van der Waals surface area contributed by atoms with E-state index in [0.717, 1.165) is 11.1 Å². The van der Waals surface area contributed by atoms with Crippen LogP contribution in [0.4, 0.5) is 0 Å². The molecule has 1 unspecified atom stereocenters. The van der Waals surface area contributed by atoms with Crippen LogP contribution < -0.4 is 14.8 Å². The molecule has 0 radical (unpaired) electrons. The summed E-state index contributed by atoms with van der Waals surface area (Å²) in [4.78, 5) is 8.35. The van der Waals surface area contributed by atoms with Crippen LogP contribution in [0, 0.1) is 0 Å². The van der Waals surface area contributed by atoms with Crippen molar-refractivity contribution < 1.29 is 31.4 Å². The third-order valence-electron chi connectivity index (χ3n) is 7.68. The van der Waals surface area contributed by atoms with Crippen LogP contribution in [0.5, 0.6) is 5.75 Å². The first-order chi connectivity index (χ1) is 20.1. The molecule has 3 aromatic rings. The second-order valence-corrected chi connectivity index (χ2v) is 14.3. The molecular weight excluding hydrogens is 582 g/mol. The van der Waals surface area contributed by atoms with Crippen LogP contribution in [0.2, 0.25) is 0 Å². The summed E-state index contributed by atoms with van der Waals surface area (Å²) in [5.41, 5.74) is 1.07. The van der Waals surface area contributed by atoms with Crippen molar-refractivity contribution in [2.45, 2.75) is 46.8 Å². The Balaban J connectivity index is 1.10. The number of aliphatic hydroxyl groups excluding tert-OH is 1. The Morgan fingerprint density at radius 2 is 1.76 bits per heavy atom. The maximum absolute atomic E-state index is 13.4. The average Bonchev–Trinajstić information content (AvgIpc) is 3.41. The van der Waals surface area contributed by atoms with E-state index in [1.54, 1.807) is 42.7 Å². The van der Waals surface area contributed by atoms with Gasteiger partial charge in [0.2, 0.25) is 20.0 Å². The lowest BCUT2D eigenvalue weighted by Gasteiger charge is -2.38. The molecule has 14 heteroatoms. The minimum atomic E-state index is -3.68. The summed E-state index contributed by atoms with van der Waals surface area (Å²) in [5.74, 6) is 0.344. The lowest BCUT2D eigenvalue weighted by atomic mass is 9.88. The molecule has 1 aromatic heterocycles. The zero-order valence-electron chi connectivity index (χ0n) is 23.2. The normalized spacial score (nSPS) is 20.0. The highest BCUT2D eigenvalue weighted by Gasteiger charge is 2.44. The Hall–Kier alpha value is -2.98. The van der Waals surface area contributed by atoms with Gasteiger partial charge in [-0.25, -0.2) is 31.5 Å². The fraction of sp³-hybridized carbons (Fsp3) is 0.429. The van der Waals surface area contributed by atoms with Gasteiger partial charge in [0, 0.05) is 49.7 Å². The van der Waals surface area contributed by atoms with Crippen LogP contribution in [0.15, 0.2) is 77.0 Å². The molecule has 1 spiro atoms. The average molecular weight is 618 g/mol. The molecule has 5 rings (SSSR count). The molecule has 226 valence electrons. The van der Waals surface area contributed by atoms with Crippen LogP contribution in [0.3, 0.4) is 0 Å². The van der Waals surface area contributed by atoms with Gasteiger partial charge >= 0.3 is 0 Å². The van der Waals surface area contributed by atoms with E-state index in [2.05, 4.69) is 20.0 Å². The molecule has 0 saturated carbocycles. The minimum Gasteiger partial charge on any atom is -0.491 e. The molecule has 0 amide bonds. The van der Waals surface area contributed by atoms with Crippen molar-refractivity contribution >= 4 is 20.0 Å². The zero-order valence-corrected chi connectivity index (χ0v) is 24.9. The molecule has 2 aliphatic heterocycles. The molecule has 2 atom stereocenters. The largest absolute Gasteiger partial charge is 0.491 e. The summed E-state index contributed by atoms with van der Waals surface area (Å²) in [6.45, 7) is 1.42. The topological polar surface area (TPSA) is 160 Å². The molecule has 2 fully saturated rings. The summed E-state index contributed by atoms with van der Waals surface area (Å²) in [6, 6.07) is 12.9. The third-order valence-corrected chi connectivity index (χ3v) is 11.0. The fourth-order valence-electron chi connectivity index (χ4n) is 5.29. The van der Waals surface area contributed by atoms with Gasteiger partial charge in [0.25, 0.3) is 0 Å². The molecule has 3 N–H and O–H groups in total. The summed E-state index contributed by atoms with van der Waals surface area (Å²) < 4.78 is 66.4. The SMILES string of the molecule is CNS(=O)(=O)c1cccc(OC[C@@H](O)CNC2COC3(CCN(S(=O)(=O)c4cccc(-c5cncnc5)c4)CC3)C2)c1. The van der Waals surface area contributed by atoms with E-state index in [4.69, 9.17) is 9.47 Å². The van der Waals surface area contributed by atoms with Crippen molar-refractivity contribution in [2.24, 2.45) is 0 Å². The number of sulfonamides is 2. The van der Waals surface area contributed by atoms with E-state index in [-0.39, 0.29) is 29.0 Å². The maximum Gasteiger partial charge on any atom is 0.243 e. The minimum absolute atomic E-state index is 0.0108. The summed E-state index contributed by atoms with van der Waals surface area (Å²) in [5, 5.41) is 13.8. The monoisotopic (exact) mass is 617 g/mol. The molecule has 2 aromatic carbocycles. The van der Waals surface area contributed by atoms with Crippen molar-refractivity contribution in [3.05, 3.63) is 67.3 Å². The number of rotatable bonds is 11. The molecule has 0 aliphatic carbocycles. The quantitative estimate of drug-likeness (QED) is 0.287. The summed E-state index contributed by atoms with van der Waals surface area (Å²) in [6.07, 6.45) is 5.77. The first kappa shape index (κ1) is 30.5. The first-order valence-electron chi connectivity index (χ1n) is 13.7. The number of hydrogen-bond donors (Lipinski definition) is 3. The Morgan fingerprint density at radius 1 is 1.05 bits per heavy atom. The Kier molecular flexibility index (Phi) is 9.23. The van der Waals surface area contributed by atoms with E-state index >= 15 is 0 Å². The molecule has 2 aliphatic rings. The standard InChI is InChI=1S/C28H35N5O7S2/c1-29-41(35,36)26-6-3-5-25(13-26)39-19-24(34)17-32-23-14-28(40-18-23)8-10-33(11-9-28)42(37,38)27-7-2-4-21(12-27)22-15-30-20-31-16-22/h2-7,12-13,15-16,20,23-24,29,32,34H,8-11,14,17-19H2,1H3/t23?,24-/m0/s1. The summed E-state index contributed by atoms with van der Waals surface area (Å²) >= 11 is 0. The Morgan fingerprint density at radius 3 is 2.50 bits per heavy atom. The first-order valence-corrected chi connectivity index (χ1v) is 16.6. The van der Waals surface area contributed by atoms with E-state index < -0.39 is 31.8 Å². The highest BCUT2D eigenvalue weighted by atomic mass is 32.2. The van der Waals surface area contributed by atoms with Crippen LogP contribution in [0.1, 0.15) is 19.3 Å². The zero-order chi connectivity index (χ0) is 29.8. The Labute approximate surface area is 246 Å². The van der Waals surface area contributed by atoms with Crippen molar-refractivity contribution in [3.63, 3.8) is 0 Å². The summed E-state index contributed by atoms with van der Waals surface area (Å²) in [7, 11) is -5.93. The second-order valence-electron chi connectivity index (χ2n) is 10.5. The third kappa shape index (κ3) is 6.97. The van der Waals surface area contributed by atoms with Gasteiger partial charge in [-0.1, -0.05) is 18.2 Å². The predicted octanol–water partition coefficient (Wildman–Crippen LogP) is 1.39. The fourth-order valence-corrected chi connectivity index (χ4v) is 7.55. The highest BCUT2D eigenvalue weighted by molar-refractivity contribution is 7.89. The van der Waals surface area contributed by atoms with Crippen molar-refractivity contribution in [2.75, 3.05) is 39.9 Å². The smallest absolute Gasteiger partial charge is 0.243 e. The molecule has 0 bridgehead atoms. The Bertz CT molecular complexity index is 1580. The van der Waals surface area contributed by atoms with Gasteiger partial charge < -0.3 is 19.9 Å². The van der Waals surface area contributed by atoms with E-state index in [1.165, 1.54) is 29.8 Å². The lowest BCUT2D eigenvalue weighted by Crippen LogP contribution is -2.47. The van der Waals surface area contributed by atoms with Gasteiger partial charge in [-0.2, -0.15) is 4.31 Å². The number of hydrogen-bond acceptors (Lipinski definition) is 10. The molecular formula is C28H35N5O7S2. The van der Waals surface area contributed by atoms with E-state index in [1.807, 2.05) is 6.07 Å². The van der Waals surface area contributed by atoms with Gasteiger partial charge in [-0.3, -0.25) is 0 Å². The molecule has 2 saturated heterocycles. The van der Waals surface area contributed by atoms with E-state index in [0.29, 0.717) is 44.7 Å². The van der Waals surface area contributed by atoms with Crippen LogP contribution >= 0.6 is 0 Å². The number of benzene rings is 2. The number of nitrogens with zero attached hydrogens (tertiary/aromatic N) is 3. The van der Waals surface area contributed by atoms with Crippen LogP contribution in [-0.2, 0) is 24.8 Å². The number of piperidine rings is 1. The molecule has 3 heterocycles. The van der Waals surface area contributed by atoms with Crippen molar-refractivity contribution in [3.8, 4) is 16.9 Å². The predicted molar refractivity (Wildman–Crippen MR) is 155 cm³/mol.